The van der Waals surface area contributed by atoms with Gasteiger partial charge in [-0.3, -0.25) is 4.79 Å². The lowest BCUT2D eigenvalue weighted by atomic mass is 10.1. The van der Waals surface area contributed by atoms with Crippen LogP contribution < -0.4 is 15.8 Å². The van der Waals surface area contributed by atoms with Gasteiger partial charge < -0.3 is 24.8 Å². The molecule has 29 heavy (non-hydrogen) atoms. The minimum Gasteiger partial charge on any atom is -0.370 e. The number of fused-ring (bicyclic) bond motifs is 1. The highest BCUT2D eigenvalue weighted by atomic mass is 32.1. The van der Waals surface area contributed by atoms with E-state index in [-0.39, 0.29) is 5.56 Å². The lowest BCUT2D eigenvalue weighted by Gasteiger charge is -2.28. The lowest BCUT2D eigenvalue weighted by molar-refractivity contribution is -0.908. The Hall–Kier alpha value is -1.96. The Kier molecular flexibility index (Phi) is 8.03. The number of pyridine rings is 1. The molecular formula is C22H33N4O2S+. The van der Waals surface area contributed by atoms with Crippen molar-refractivity contribution >= 4 is 28.2 Å². The number of morpholine rings is 1. The Bertz CT molecular complexity index is 877. The molecule has 3 N–H and O–H groups in total. The van der Waals surface area contributed by atoms with Crippen LogP contribution in [0.2, 0.25) is 0 Å². The number of ether oxygens (including phenoxy) is 1. The number of H-pyrrole nitrogens is 1. The molecule has 1 fully saturated rings. The summed E-state index contributed by atoms with van der Waals surface area (Å²) < 4.78 is 5.45. The SMILES string of the molecule is CCCNC(=S)N(CCC[NH+]1CCOCC1)Cc1cc2cc(C)ccc2[nH]c1=O. The molecule has 158 valence electrons. The first-order valence-electron chi connectivity index (χ1n) is 10.6. The Balaban J connectivity index is 1.71. The first-order chi connectivity index (χ1) is 14.1. The highest BCUT2D eigenvalue weighted by molar-refractivity contribution is 7.80. The van der Waals surface area contributed by atoms with Crippen molar-refractivity contribution in [2.75, 3.05) is 45.9 Å². The van der Waals surface area contributed by atoms with Gasteiger partial charge in [-0.2, -0.15) is 0 Å². The molecule has 0 unspecified atom stereocenters. The van der Waals surface area contributed by atoms with E-state index in [1.165, 1.54) is 5.56 Å². The summed E-state index contributed by atoms with van der Waals surface area (Å²) in [5.74, 6) is 0. The molecule has 1 aliphatic rings. The number of quaternary nitrogens is 1. The maximum atomic E-state index is 12.6. The van der Waals surface area contributed by atoms with Crippen LogP contribution in [0.25, 0.3) is 10.9 Å². The molecule has 1 saturated heterocycles. The molecule has 0 radical (unpaired) electrons. The lowest BCUT2D eigenvalue weighted by Crippen LogP contribution is -3.14. The summed E-state index contributed by atoms with van der Waals surface area (Å²) in [4.78, 5) is 19.4. The monoisotopic (exact) mass is 417 g/mol. The zero-order chi connectivity index (χ0) is 20.6. The van der Waals surface area contributed by atoms with E-state index in [2.05, 4.69) is 35.1 Å². The molecule has 7 heteroatoms. The van der Waals surface area contributed by atoms with Crippen molar-refractivity contribution in [3.8, 4) is 0 Å². The van der Waals surface area contributed by atoms with Gasteiger partial charge in [0.2, 0.25) is 0 Å². The van der Waals surface area contributed by atoms with Crippen LogP contribution in [-0.2, 0) is 11.3 Å². The van der Waals surface area contributed by atoms with Gasteiger partial charge in [-0.1, -0.05) is 18.6 Å². The second kappa shape index (κ2) is 10.7. The number of hydrogen-bond acceptors (Lipinski definition) is 3. The van der Waals surface area contributed by atoms with E-state index >= 15 is 0 Å². The summed E-state index contributed by atoms with van der Waals surface area (Å²) in [6, 6.07) is 8.09. The van der Waals surface area contributed by atoms with Crippen molar-refractivity contribution < 1.29 is 9.64 Å². The van der Waals surface area contributed by atoms with E-state index in [9.17, 15) is 4.79 Å². The van der Waals surface area contributed by atoms with E-state index in [0.29, 0.717) is 6.54 Å². The summed E-state index contributed by atoms with van der Waals surface area (Å²) in [5, 5.41) is 5.11. The van der Waals surface area contributed by atoms with Gasteiger partial charge in [0.1, 0.15) is 13.1 Å². The fourth-order valence-electron chi connectivity index (χ4n) is 3.72. The average Bonchev–Trinajstić information content (AvgIpc) is 2.72. The van der Waals surface area contributed by atoms with Gasteiger partial charge in [-0.05, 0) is 49.1 Å². The van der Waals surface area contributed by atoms with E-state index in [4.69, 9.17) is 17.0 Å². The fraction of sp³-hybridized carbons (Fsp3) is 0.545. The highest BCUT2D eigenvalue weighted by Crippen LogP contribution is 2.14. The van der Waals surface area contributed by atoms with Crippen LogP contribution in [0.15, 0.2) is 29.1 Å². The number of thiocarbonyl (C=S) groups is 1. The van der Waals surface area contributed by atoms with E-state index in [0.717, 1.165) is 80.4 Å². The van der Waals surface area contributed by atoms with Gasteiger partial charge >= 0.3 is 0 Å². The zero-order valence-electron chi connectivity index (χ0n) is 17.6. The van der Waals surface area contributed by atoms with Crippen molar-refractivity contribution in [1.82, 2.24) is 15.2 Å². The van der Waals surface area contributed by atoms with Crippen molar-refractivity contribution in [1.29, 1.82) is 0 Å². The number of aromatic amines is 1. The van der Waals surface area contributed by atoms with Gasteiger partial charge in [0, 0.05) is 30.6 Å². The zero-order valence-corrected chi connectivity index (χ0v) is 18.4. The first kappa shape index (κ1) is 21.7. The number of aryl methyl sites for hydroxylation is 1. The number of rotatable bonds is 8. The molecule has 2 aromatic rings. The van der Waals surface area contributed by atoms with E-state index in [1.54, 1.807) is 4.90 Å². The maximum absolute atomic E-state index is 12.6. The fourth-order valence-corrected chi connectivity index (χ4v) is 3.98. The highest BCUT2D eigenvalue weighted by Gasteiger charge is 2.16. The largest absolute Gasteiger partial charge is 0.370 e. The smallest absolute Gasteiger partial charge is 0.253 e. The predicted octanol–water partition coefficient (Wildman–Crippen LogP) is 1.23. The normalized spacial score (nSPS) is 14.8. The Morgan fingerprint density at radius 1 is 1.31 bits per heavy atom. The number of nitrogens with zero attached hydrogens (tertiary/aromatic N) is 1. The summed E-state index contributed by atoms with van der Waals surface area (Å²) in [5.41, 5.74) is 2.77. The molecule has 6 nitrogen and oxygen atoms in total. The van der Waals surface area contributed by atoms with Crippen LogP contribution in [0.3, 0.4) is 0 Å². The average molecular weight is 418 g/mol. The van der Waals surface area contributed by atoms with Crippen LogP contribution in [0.5, 0.6) is 0 Å². The second-order valence-electron chi connectivity index (χ2n) is 7.83. The summed E-state index contributed by atoms with van der Waals surface area (Å²) in [6.07, 6.45) is 2.05. The molecule has 0 aliphatic carbocycles. The van der Waals surface area contributed by atoms with Crippen LogP contribution in [0, 0.1) is 6.92 Å². The molecule has 0 spiro atoms. The molecule has 0 bridgehead atoms. The minimum atomic E-state index is -0.0385. The number of hydrogen-bond donors (Lipinski definition) is 3. The Morgan fingerprint density at radius 2 is 2.10 bits per heavy atom. The second-order valence-corrected chi connectivity index (χ2v) is 8.22. The molecule has 3 rings (SSSR count). The third-order valence-electron chi connectivity index (χ3n) is 5.41. The first-order valence-corrected chi connectivity index (χ1v) is 11.0. The molecule has 2 heterocycles. The molecule has 0 amide bonds. The maximum Gasteiger partial charge on any atom is 0.253 e. The van der Waals surface area contributed by atoms with Crippen molar-refractivity contribution in [2.45, 2.75) is 33.2 Å². The Labute approximate surface area is 178 Å². The Morgan fingerprint density at radius 3 is 2.86 bits per heavy atom. The predicted molar refractivity (Wildman–Crippen MR) is 122 cm³/mol. The summed E-state index contributed by atoms with van der Waals surface area (Å²) >= 11 is 5.65. The molecule has 0 saturated carbocycles. The third kappa shape index (κ3) is 6.26. The number of benzene rings is 1. The quantitative estimate of drug-likeness (QED) is 0.564. The topological polar surface area (TPSA) is 61.8 Å². The van der Waals surface area contributed by atoms with Crippen LogP contribution in [0.4, 0.5) is 0 Å². The van der Waals surface area contributed by atoms with E-state index in [1.807, 2.05) is 18.2 Å². The molecule has 1 aromatic carbocycles. The van der Waals surface area contributed by atoms with Gasteiger partial charge in [-0.25, -0.2) is 0 Å². The summed E-state index contributed by atoms with van der Waals surface area (Å²) in [7, 11) is 0. The molecule has 1 aromatic heterocycles. The van der Waals surface area contributed by atoms with Gasteiger partial charge in [0.25, 0.3) is 5.56 Å². The van der Waals surface area contributed by atoms with Crippen molar-refractivity contribution in [2.24, 2.45) is 0 Å². The molecule has 1 aliphatic heterocycles. The number of aromatic nitrogens is 1. The van der Waals surface area contributed by atoms with Crippen molar-refractivity contribution in [3.05, 3.63) is 45.7 Å². The minimum absolute atomic E-state index is 0.0385. The van der Waals surface area contributed by atoms with Crippen molar-refractivity contribution in [3.63, 3.8) is 0 Å². The van der Waals surface area contributed by atoms with Gasteiger partial charge in [0.05, 0.1) is 26.3 Å². The third-order valence-corrected chi connectivity index (χ3v) is 5.81. The van der Waals surface area contributed by atoms with E-state index < -0.39 is 0 Å². The van der Waals surface area contributed by atoms with Crippen LogP contribution in [-0.4, -0.2) is 60.9 Å². The number of nitrogens with one attached hydrogen (secondary N) is 3. The standard InChI is InChI=1S/C22H32N4O2S/c1-3-7-23-22(29)26(9-4-8-25-10-12-28-13-11-25)16-19-15-18-14-17(2)5-6-20(18)24-21(19)27/h5-6,14-15H,3-4,7-13,16H2,1-2H3,(H,23,29)(H,24,27)/p+1. The van der Waals surface area contributed by atoms with Crippen LogP contribution >= 0.6 is 12.2 Å². The summed E-state index contributed by atoms with van der Waals surface area (Å²) in [6.45, 7) is 11.3. The molecule has 0 atom stereocenters. The van der Waals surface area contributed by atoms with Gasteiger partial charge in [0.15, 0.2) is 5.11 Å². The van der Waals surface area contributed by atoms with Crippen LogP contribution in [0.1, 0.15) is 30.9 Å². The van der Waals surface area contributed by atoms with Gasteiger partial charge in [-0.15, -0.1) is 0 Å². The molecular weight excluding hydrogens is 384 g/mol.